The van der Waals surface area contributed by atoms with E-state index >= 15 is 0 Å². The minimum Gasteiger partial charge on any atom is -0.496 e. The highest BCUT2D eigenvalue weighted by Gasteiger charge is 2.08. The number of ether oxygens (including phenoxy) is 1. The Morgan fingerprint density at radius 3 is 2.76 bits per heavy atom. The highest BCUT2D eigenvalue weighted by Crippen LogP contribution is 2.29. The molecule has 88 valence electrons. The van der Waals surface area contributed by atoms with Gasteiger partial charge in [-0.05, 0) is 25.1 Å². The van der Waals surface area contributed by atoms with E-state index in [9.17, 15) is 4.79 Å². The van der Waals surface area contributed by atoms with Gasteiger partial charge in [0.05, 0.1) is 12.8 Å². The molecule has 0 spiro atoms. The second-order valence-corrected chi connectivity index (χ2v) is 3.71. The molecule has 0 amide bonds. The van der Waals surface area contributed by atoms with Gasteiger partial charge < -0.3 is 15.5 Å². The Hall–Kier alpha value is -2.30. The molecule has 0 aliphatic heterocycles. The van der Waals surface area contributed by atoms with Crippen molar-refractivity contribution in [1.29, 1.82) is 0 Å². The number of aromatic amines is 1. The number of hydrogen-bond donors (Lipinski definition) is 2. The molecular weight excluding hydrogens is 218 g/mol. The molecule has 0 fully saturated rings. The van der Waals surface area contributed by atoms with E-state index in [4.69, 9.17) is 10.5 Å². The number of aromatic nitrogens is 2. The number of hydrogen-bond acceptors (Lipinski definition) is 4. The fraction of sp³-hybridized carbons (Fsp3) is 0.167. The number of nitrogens with two attached hydrogens (primary N) is 1. The highest BCUT2D eigenvalue weighted by molar-refractivity contribution is 5.70. The molecule has 0 radical (unpaired) electrons. The van der Waals surface area contributed by atoms with E-state index in [-0.39, 0.29) is 5.69 Å². The number of nitrogen functional groups attached to an aromatic ring is 1. The summed E-state index contributed by atoms with van der Waals surface area (Å²) >= 11 is 0. The van der Waals surface area contributed by atoms with Crippen LogP contribution in [0.15, 0.2) is 29.1 Å². The summed E-state index contributed by atoms with van der Waals surface area (Å²) in [6.07, 6.45) is 0. The summed E-state index contributed by atoms with van der Waals surface area (Å²) in [7, 11) is 1.55. The third kappa shape index (κ3) is 2.28. The molecule has 0 saturated heterocycles. The number of nitrogens with one attached hydrogen (secondary N) is 1. The van der Waals surface area contributed by atoms with Gasteiger partial charge in [-0.2, -0.15) is 4.98 Å². The Kier molecular flexibility index (Phi) is 2.82. The van der Waals surface area contributed by atoms with Crippen LogP contribution in [-0.2, 0) is 0 Å². The second-order valence-electron chi connectivity index (χ2n) is 3.71. The van der Waals surface area contributed by atoms with E-state index in [0.29, 0.717) is 17.1 Å². The molecular formula is C12H13N3O2. The summed E-state index contributed by atoms with van der Waals surface area (Å²) in [6.45, 7) is 1.80. The van der Waals surface area contributed by atoms with Gasteiger partial charge >= 0.3 is 5.69 Å². The molecule has 5 heteroatoms. The van der Waals surface area contributed by atoms with Gasteiger partial charge in [0.2, 0.25) is 0 Å². The molecule has 0 bridgehead atoms. The first-order valence-corrected chi connectivity index (χ1v) is 5.12. The number of nitrogens with zero attached hydrogens (tertiary/aromatic N) is 1. The van der Waals surface area contributed by atoms with Crippen LogP contribution in [-0.4, -0.2) is 17.1 Å². The molecule has 17 heavy (non-hydrogen) atoms. The quantitative estimate of drug-likeness (QED) is 0.764. The van der Waals surface area contributed by atoms with Crippen LogP contribution in [0.5, 0.6) is 5.75 Å². The first-order valence-electron chi connectivity index (χ1n) is 5.12. The van der Waals surface area contributed by atoms with E-state index in [1.54, 1.807) is 38.3 Å². The van der Waals surface area contributed by atoms with Crippen LogP contribution in [0.2, 0.25) is 0 Å². The van der Waals surface area contributed by atoms with Gasteiger partial charge in [-0.15, -0.1) is 0 Å². The van der Waals surface area contributed by atoms with Crippen LogP contribution < -0.4 is 16.2 Å². The lowest BCUT2D eigenvalue weighted by Crippen LogP contribution is -2.12. The Bertz CT molecular complexity index is 605. The third-order valence-corrected chi connectivity index (χ3v) is 2.38. The fourth-order valence-corrected chi connectivity index (χ4v) is 1.64. The number of H-pyrrole nitrogens is 1. The first-order chi connectivity index (χ1) is 8.10. The van der Waals surface area contributed by atoms with Gasteiger partial charge in [-0.25, -0.2) is 4.79 Å². The molecule has 0 saturated carbocycles. The van der Waals surface area contributed by atoms with Crippen LogP contribution in [0.3, 0.4) is 0 Å². The maximum Gasteiger partial charge on any atom is 0.345 e. The van der Waals surface area contributed by atoms with E-state index < -0.39 is 0 Å². The van der Waals surface area contributed by atoms with Gasteiger partial charge in [0.15, 0.2) is 0 Å². The molecule has 2 rings (SSSR count). The SMILES string of the molecule is COc1cc(N)ccc1-c1cc(C)[nH]c(=O)n1. The predicted octanol–water partition coefficient (Wildman–Crippen LogP) is 1.34. The number of benzene rings is 1. The van der Waals surface area contributed by atoms with E-state index in [2.05, 4.69) is 9.97 Å². The van der Waals surface area contributed by atoms with Crippen LogP contribution in [0, 0.1) is 6.92 Å². The summed E-state index contributed by atoms with van der Waals surface area (Å²) in [5, 5.41) is 0. The largest absolute Gasteiger partial charge is 0.496 e. The van der Waals surface area contributed by atoms with Crippen molar-refractivity contribution in [1.82, 2.24) is 9.97 Å². The van der Waals surface area contributed by atoms with Crippen molar-refractivity contribution in [2.75, 3.05) is 12.8 Å². The van der Waals surface area contributed by atoms with Crippen LogP contribution in [0.25, 0.3) is 11.3 Å². The Labute approximate surface area is 98.3 Å². The molecule has 1 heterocycles. The van der Waals surface area contributed by atoms with Gasteiger partial charge in [0, 0.05) is 23.0 Å². The van der Waals surface area contributed by atoms with Gasteiger partial charge in [0.25, 0.3) is 0 Å². The Balaban J connectivity index is 2.63. The molecule has 0 atom stereocenters. The van der Waals surface area contributed by atoms with Gasteiger partial charge in [-0.1, -0.05) is 0 Å². The molecule has 1 aromatic heterocycles. The fourth-order valence-electron chi connectivity index (χ4n) is 1.64. The summed E-state index contributed by atoms with van der Waals surface area (Å²) in [4.78, 5) is 17.8. The molecule has 2 aromatic rings. The zero-order valence-corrected chi connectivity index (χ0v) is 9.65. The van der Waals surface area contributed by atoms with E-state index in [1.807, 2.05) is 0 Å². The first kappa shape index (κ1) is 11.2. The third-order valence-electron chi connectivity index (χ3n) is 2.38. The standard InChI is InChI=1S/C12H13N3O2/c1-7-5-10(15-12(16)14-7)9-4-3-8(13)6-11(9)17-2/h3-6H,13H2,1-2H3,(H,14,15,16). The zero-order chi connectivity index (χ0) is 12.4. The van der Waals surface area contributed by atoms with Crippen LogP contribution in [0.4, 0.5) is 5.69 Å². The van der Waals surface area contributed by atoms with Crippen molar-refractivity contribution in [2.24, 2.45) is 0 Å². The van der Waals surface area contributed by atoms with Crippen molar-refractivity contribution in [3.05, 3.63) is 40.4 Å². The minimum atomic E-state index is -0.376. The monoisotopic (exact) mass is 231 g/mol. The number of rotatable bonds is 2. The minimum absolute atomic E-state index is 0.376. The summed E-state index contributed by atoms with van der Waals surface area (Å²) < 4.78 is 5.23. The number of anilines is 1. The normalized spacial score (nSPS) is 10.2. The Morgan fingerprint density at radius 2 is 2.12 bits per heavy atom. The lowest BCUT2D eigenvalue weighted by molar-refractivity contribution is 0.416. The molecule has 1 aromatic carbocycles. The van der Waals surface area contributed by atoms with Crippen molar-refractivity contribution in [2.45, 2.75) is 6.92 Å². The summed E-state index contributed by atoms with van der Waals surface area (Å²) in [5.41, 5.74) is 7.97. The van der Waals surface area contributed by atoms with Crippen LogP contribution in [0.1, 0.15) is 5.69 Å². The lowest BCUT2D eigenvalue weighted by Gasteiger charge is -2.08. The average Bonchev–Trinajstić information content (AvgIpc) is 2.27. The van der Waals surface area contributed by atoms with Crippen molar-refractivity contribution in [3.8, 4) is 17.0 Å². The van der Waals surface area contributed by atoms with Crippen molar-refractivity contribution < 1.29 is 4.74 Å². The maximum atomic E-state index is 11.3. The predicted molar refractivity (Wildman–Crippen MR) is 66.0 cm³/mol. The van der Waals surface area contributed by atoms with Crippen molar-refractivity contribution >= 4 is 5.69 Å². The molecule has 0 aliphatic rings. The summed E-state index contributed by atoms with van der Waals surface area (Å²) in [5.74, 6) is 0.600. The van der Waals surface area contributed by atoms with Gasteiger partial charge in [0.1, 0.15) is 5.75 Å². The lowest BCUT2D eigenvalue weighted by atomic mass is 10.1. The van der Waals surface area contributed by atoms with E-state index in [1.165, 1.54) is 0 Å². The number of methoxy groups -OCH3 is 1. The summed E-state index contributed by atoms with van der Waals surface area (Å²) in [6, 6.07) is 7.02. The van der Waals surface area contributed by atoms with Crippen LogP contribution >= 0.6 is 0 Å². The smallest absolute Gasteiger partial charge is 0.345 e. The topological polar surface area (TPSA) is 81.0 Å². The van der Waals surface area contributed by atoms with E-state index in [0.717, 1.165) is 11.3 Å². The zero-order valence-electron chi connectivity index (χ0n) is 9.65. The van der Waals surface area contributed by atoms with Crippen molar-refractivity contribution in [3.63, 3.8) is 0 Å². The Morgan fingerprint density at radius 1 is 1.35 bits per heavy atom. The molecule has 0 aliphatic carbocycles. The molecule has 0 unspecified atom stereocenters. The second kappa shape index (κ2) is 4.29. The molecule has 3 N–H and O–H groups in total. The molecule has 5 nitrogen and oxygen atoms in total. The van der Waals surface area contributed by atoms with Gasteiger partial charge in [-0.3, -0.25) is 0 Å². The number of aryl methyl sites for hydroxylation is 1. The highest BCUT2D eigenvalue weighted by atomic mass is 16.5. The average molecular weight is 231 g/mol. The maximum absolute atomic E-state index is 11.3.